The van der Waals surface area contributed by atoms with Gasteiger partial charge in [-0.2, -0.15) is 0 Å². The molecule has 2 aromatic carbocycles. The summed E-state index contributed by atoms with van der Waals surface area (Å²) in [5.74, 6) is 0.289. The predicted octanol–water partition coefficient (Wildman–Crippen LogP) is 3.22. The molecule has 0 aliphatic rings. The fourth-order valence-corrected chi connectivity index (χ4v) is 3.90. The average molecular weight is 348 g/mol. The molecule has 130 valence electrons. The van der Waals surface area contributed by atoms with Gasteiger partial charge in [0.2, 0.25) is 0 Å². The zero-order valence-electron chi connectivity index (χ0n) is 14.3. The van der Waals surface area contributed by atoms with E-state index in [-0.39, 0.29) is 12.4 Å². The predicted molar refractivity (Wildman–Crippen MR) is 96.1 cm³/mol. The Hall–Kier alpha value is -1.85. The van der Waals surface area contributed by atoms with Gasteiger partial charge in [-0.1, -0.05) is 47.5 Å². The Kier molecular flexibility index (Phi) is 6.02. The molecule has 0 radical (unpaired) electrons. The van der Waals surface area contributed by atoms with E-state index in [2.05, 4.69) is 0 Å². The van der Waals surface area contributed by atoms with Crippen LogP contribution in [0.2, 0.25) is 0 Å². The molecular weight excluding hydrogens is 324 g/mol. The Bertz CT molecular complexity index is 766. The minimum Gasteiger partial charge on any atom is -0.491 e. The van der Waals surface area contributed by atoms with Crippen LogP contribution >= 0.6 is 0 Å². The molecule has 2 atom stereocenters. The lowest BCUT2D eigenvalue weighted by Gasteiger charge is -2.17. The second kappa shape index (κ2) is 7.81. The molecule has 0 amide bonds. The van der Waals surface area contributed by atoms with Gasteiger partial charge < -0.3 is 9.84 Å². The van der Waals surface area contributed by atoms with Crippen LogP contribution in [0.25, 0.3) is 0 Å². The molecule has 0 bridgehead atoms. The van der Waals surface area contributed by atoms with Gasteiger partial charge in [-0.3, -0.25) is 0 Å². The summed E-state index contributed by atoms with van der Waals surface area (Å²) in [5.41, 5.74) is 2.86. The second-order valence-corrected chi connectivity index (χ2v) is 8.53. The summed E-state index contributed by atoms with van der Waals surface area (Å²) in [4.78, 5) is 0. The summed E-state index contributed by atoms with van der Waals surface area (Å²) in [6.45, 7) is 5.49. The maximum absolute atomic E-state index is 12.5. The topological polar surface area (TPSA) is 63.6 Å². The largest absolute Gasteiger partial charge is 0.491 e. The third-order valence-corrected chi connectivity index (χ3v) is 6.14. The van der Waals surface area contributed by atoms with Crippen molar-refractivity contribution in [2.75, 3.05) is 12.4 Å². The van der Waals surface area contributed by atoms with Crippen molar-refractivity contribution in [3.63, 3.8) is 0 Å². The molecule has 0 heterocycles. The van der Waals surface area contributed by atoms with Crippen LogP contribution in [-0.4, -0.2) is 32.0 Å². The molecule has 4 nitrogen and oxygen atoms in total. The molecule has 0 saturated heterocycles. The van der Waals surface area contributed by atoms with Crippen molar-refractivity contribution in [2.45, 2.75) is 32.1 Å². The highest BCUT2D eigenvalue weighted by molar-refractivity contribution is 7.91. The highest BCUT2D eigenvalue weighted by Crippen LogP contribution is 2.24. The average Bonchev–Trinajstić information content (AvgIpc) is 2.53. The highest BCUT2D eigenvalue weighted by Gasteiger charge is 2.26. The van der Waals surface area contributed by atoms with E-state index in [4.69, 9.17) is 4.74 Å². The molecule has 0 saturated carbocycles. The van der Waals surface area contributed by atoms with Crippen LogP contribution < -0.4 is 4.74 Å². The normalized spacial score (nSPS) is 14.2. The molecular formula is C19H24O4S. The smallest absolute Gasteiger partial charge is 0.159 e. The number of ether oxygens (including phenoxy) is 1. The number of hydrogen-bond donors (Lipinski definition) is 1. The van der Waals surface area contributed by atoms with E-state index in [9.17, 15) is 13.5 Å². The molecule has 0 fully saturated rings. The first-order valence-corrected chi connectivity index (χ1v) is 9.65. The maximum Gasteiger partial charge on any atom is 0.159 e. The van der Waals surface area contributed by atoms with Crippen molar-refractivity contribution in [3.05, 3.63) is 65.2 Å². The van der Waals surface area contributed by atoms with Crippen LogP contribution in [0.5, 0.6) is 5.75 Å². The second-order valence-electron chi connectivity index (χ2n) is 6.16. The lowest BCUT2D eigenvalue weighted by atomic mass is 10.1. The Morgan fingerprint density at radius 3 is 2.33 bits per heavy atom. The van der Waals surface area contributed by atoms with Crippen molar-refractivity contribution in [1.82, 2.24) is 0 Å². The SMILES string of the molecule is Cc1ccc(OCC(O)CS(=O)(=O)C(C)c2cccc(C)c2)cc1. The quantitative estimate of drug-likeness (QED) is 0.834. The van der Waals surface area contributed by atoms with Crippen molar-refractivity contribution >= 4 is 9.84 Å². The molecule has 0 aromatic heterocycles. The summed E-state index contributed by atoms with van der Waals surface area (Å²) in [6.07, 6.45) is -1.07. The number of aliphatic hydroxyl groups is 1. The van der Waals surface area contributed by atoms with Crippen LogP contribution in [-0.2, 0) is 9.84 Å². The molecule has 2 aromatic rings. The lowest BCUT2D eigenvalue weighted by molar-refractivity contribution is 0.124. The first kappa shape index (κ1) is 18.5. The summed E-state index contributed by atoms with van der Waals surface area (Å²) >= 11 is 0. The first-order valence-electron chi connectivity index (χ1n) is 7.93. The van der Waals surface area contributed by atoms with Gasteiger partial charge in [-0.25, -0.2) is 8.42 Å². The van der Waals surface area contributed by atoms with Crippen LogP contribution in [0.4, 0.5) is 0 Å². The summed E-state index contributed by atoms with van der Waals surface area (Å²) in [6, 6.07) is 14.8. The number of hydrogen-bond acceptors (Lipinski definition) is 4. The van der Waals surface area contributed by atoms with Gasteiger partial charge in [0, 0.05) is 0 Å². The van der Waals surface area contributed by atoms with Gasteiger partial charge in [0.25, 0.3) is 0 Å². The molecule has 2 rings (SSSR count). The zero-order chi connectivity index (χ0) is 17.7. The number of aryl methyl sites for hydroxylation is 2. The molecule has 5 heteroatoms. The number of sulfone groups is 1. The van der Waals surface area contributed by atoms with Gasteiger partial charge >= 0.3 is 0 Å². The van der Waals surface area contributed by atoms with Crippen molar-refractivity contribution in [2.24, 2.45) is 0 Å². The van der Waals surface area contributed by atoms with Crippen LogP contribution in [0.15, 0.2) is 48.5 Å². The van der Waals surface area contributed by atoms with Crippen molar-refractivity contribution in [3.8, 4) is 5.75 Å². The molecule has 0 aliphatic carbocycles. The zero-order valence-corrected chi connectivity index (χ0v) is 15.1. The number of rotatable bonds is 7. The van der Waals surface area contributed by atoms with E-state index in [0.717, 1.165) is 16.7 Å². The van der Waals surface area contributed by atoms with Gasteiger partial charge in [0.05, 0.1) is 11.0 Å². The van der Waals surface area contributed by atoms with Crippen LogP contribution in [0, 0.1) is 13.8 Å². The summed E-state index contributed by atoms with van der Waals surface area (Å²) < 4.78 is 30.4. The summed E-state index contributed by atoms with van der Waals surface area (Å²) in [5, 5.41) is 9.39. The van der Waals surface area contributed by atoms with Gasteiger partial charge in [-0.05, 0) is 38.5 Å². The van der Waals surface area contributed by atoms with Crippen LogP contribution in [0.3, 0.4) is 0 Å². The molecule has 1 N–H and O–H groups in total. The maximum atomic E-state index is 12.5. The number of benzene rings is 2. The lowest BCUT2D eigenvalue weighted by Crippen LogP contribution is -2.29. The van der Waals surface area contributed by atoms with Gasteiger partial charge in [0.15, 0.2) is 9.84 Å². The molecule has 0 aliphatic heterocycles. The van der Waals surface area contributed by atoms with E-state index >= 15 is 0 Å². The standard InChI is InChI=1S/C19H24O4S/c1-14-7-9-19(10-8-14)23-12-18(20)13-24(21,22)16(3)17-6-4-5-15(2)11-17/h4-11,16,18,20H,12-13H2,1-3H3. The monoisotopic (exact) mass is 348 g/mol. The minimum absolute atomic E-state index is 0.0527. The van der Waals surface area contributed by atoms with E-state index in [1.54, 1.807) is 25.1 Å². The van der Waals surface area contributed by atoms with Gasteiger partial charge in [-0.15, -0.1) is 0 Å². The van der Waals surface area contributed by atoms with Crippen molar-refractivity contribution < 1.29 is 18.3 Å². The van der Waals surface area contributed by atoms with E-state index in [1.807, 2.05) is 44.2 Å². The summed E-state index contributed by atoms with van der Waals surface area (Å²) in [7, 11) is -3.47. The van der Waals surface area contributed by atoms with E-state index < -0.39 is 21.2 Å². The molecule has 2 unspecified atom stereocenters. The fourth-order valence-electron chi connectivity index (χ4n) is 2.42. The third-order valence-electron chi connectivity index (χ3n) is 3.94. The third kappa shape index (κ3) is 5.08. The highest BCUT2D eigenvalue weighted by atomic mass is 32.2. The number of aliphatic hydroxyl groups excluding tert-OH is 1. The van der Waals surface area contributed by atoms with Crippen LogP contribution in [0.1, 0.15) is 28.9 Å². The molecule has 0 spiro atoms. The first-order chi connectivity index (χ1) is 11.3. The fraction of sp³-hybridized carbons (Fsp3) is 0.368. The Morgan fingerprint density at radius 2 is 1.71 bits per heavy atom. The minimum atomic E-state index is -3.47. The Balaban J connectivity index is 1.96. The Morgan fingerprint density at radius 1 is 1.04 bits per heavy atom. The van der Waals surface area contributed by atoms with Crippen molar-refractivity contribution in [1.29, 1.82) is 0 Å². The Labute approximate surface area is 144 Å². The van der Waals surface area contributed by atoms with E-state index in [1.165, 1.54) is 0 Å². The van der Waals surface area contributed by atoms with Gasteiger partial charge in [0.1, 0.15) is 18.5 Å². The molecule has 24 heavy (non-hydrogen) atoms. The van der Waals surface area contributed by atoms with E-state index in [0.29, 0.717) is 5.75 Å².